The molecule has 3 N–H and O–H groups in total. The fourth-order valence-electron chi connectivity index (χ4n) is 1.91. The van der Waals surface area contributed by atoms with Gasteiger partial charge in [-0.2, -0.15) is 0 Å². The monoisotopic (exact) mass is 273 g/mol. The molecule has 0 aromatic carbocycles. The number of urea groups is 1. The van der Waals surface area contributed by atoms with E-state index in [9.17, 15) is 9.59 Å². The third-order valence-electron chi connectivity index (χ3n) is 2.69. The van der Waals surface area contributed by atoms with E-state index in [4.69, 9.17) is 5.11 Å². The lowest BCUT2D eigenvalue weighted by Gasteiger charge is -2.25. The highest BCUT2D eigenvalue weighted by atomic mass is 16.4. The molecule has 2 atom stereocenters. The molecule has 0 saturated carbocycles. The third-order valence-corrected chi connectivity index (χ3v) is 2.69. The van der Waals surface area contributed by atoms with Crippen molar-refractivity contribution >= 4 is 12.0 Å². The molecule has 0 aliphatic heterocycles. The predicted molar refractivity (Wildman–Crippen MR) is 75.2 cm³/mol. The molecular formula is C13H27N3O3. The second-order valence-electron chi connectivity index (χ2n) is 5.51. The Morgan fingerprint density at radius 3 is 2.16 bits per heavy atom. The number of nitrogens with one attached hydrogen (secondary N) is 2. The summed E-state index contributed by atoms with van der Waals surface area (Å²) in [6, 6.07) is -1.23. The van der Waals surface area contributed by atoms with Gasteiger partial charge in [-0.05, 0) is 32.9 Å². The first-order valence-electron chi connectivity index (χ1n) is 6.70. The van der Waals surface area contributed by atoms with E-state index in [1.54, 1.807) is 6.92 Å². The summed E-state index contributed by atoms with van der Waals surface area (Å²) in [7, 11) is 3.89. The number of aliphatic carboxylic acids is 1. The lowest BCUT2D eigenvalue weighted by Crippen LogP contribution is -2.51. The molecule has 2 amide bonds. The lowest BCUT2D eigenvalue weighted by molar-refractivity contribution is -0.139. The van der Waals surface area contributed by atoms with Gasteiger partial charge < -0.3 is 20.6 Å². The SMILES string of the molecule is CCC(NC(=O)NC(CC(C)C)CN(C)C)C(=O)O. The first-order chi connectivity index (χ1) is 8.76. The molecule has 112 valence electrons. The van der Waals surface area contributed by atoms with Crippen molar-refractivity contribution in [3.63, 3.8) is 0 Å². The molecule has 0 saturated heterocycles. The van der Waals surface area contributed by atoms with Crippen molar-refractivity contribution in [1.82, 2.24) is 15.5 Å². The van der Waals surface area contributed by atoms with E-state index in [0.717, 1.165) is 13.0 Å². The van der Waals surface area contributed by atoms with E-state index in [-0.39, 0.29) is 6.04 Å². The van der Waals surface area contributed by atoms with E-state index < -0.39 is 18.0 Å². The van der Waals surface area contributed by atoms with Crippen molar-refractivity contribution in [3.05, 3.63) is 0 Å². The maximum Gasteiger partial charge on any atom is 0.326 e. The van der Waals surface area contributed by atoms with Crippen molar-refractivity contribution in [2.75, 3.05) is 20.6 Å². The van der Waals surface area contributed by atoms with Crippen LogP contribution in [0.25, 0.3) is 0 Å². The molecule has 0 aliphatic carbocycles. The Morgan fingerprint density at radius 2 is 1.79 bits per heavy atom. The van der Waals surface area contributed by atoms with Crippen LogP contribution in [-0.4, -0.2) is 54.7 Å². The van der Waals surface area contributed by atoms with Gasteiger partial charge in [0.1, 0.15) is 6.04 Å². The molecule has 6 heteroatoms. The minimum absolute atomic E-state index is 0.0151. The average Bonchev–Trinajstić information content (AvgIpc) is 2.23. The number of carbonyl (C=O) groups is 2. The Labute approximate surface area is 115 Å². The van der Waals surface area contributed by atoms with Gasteiger partial charge in [0, 0.05) is 12.6 Å². The lowest BCUT2D eigenvalue weighted by atomic mass is 10.0. The van der Waals surface area contributed by atoms with Crippen LogP contribution in [-0.2, 0) is 4.79 Å². The van der Waals surface area contributed by atoms with Gasteiger partial charge in [0.25, 0.3) is 0 Å². The Kier molecular flexibility index (Phi) is 8.14. The quantitative estimate of drug-likeness (QED) is 0.619. The zero-order chi connectivity index (χ0) is 15.0. The molecule has 19 heavy (non-hydrogen) atoms. The number of carboxylic acid groups (broad SMARTS) is 1. The van der Waals surface area contributed by atoms with Crippen molar-refractivity contribution in [2.45, 2.75) is 45.7 Å². The molecular weight excluding hydrogens is 246 g/mol. The molecule has 0 heterocycles. The average molecular weight is 273 g/mol. The minimum atomic E-state index is -1.01. The molecule has 2 unspecified atom stereocenters. The number of hydrogen-bond donors (Lipinski definition) is 3. The summed E-state index contributed by atoms with van der Waals surface area (Å²) in [5.74, 6) is -0.544. The van der Waals surface area contributed by atoms with Crippen LogP contribution in [0.2, 0.25) is 0 Å². The largest absolute Gasteiger partial charge is 0.480 e. The fourth-order valence-corrected chi connectivity index (χ4v) is 1.91. The van der Waals surface area contributed by atoms with Gasteiger partial charge in [0.2, 0.25) is 0 Å². The number of amides is 2. The number of hydrogen-bond acceptors (Lipinski definition) is 3. The Bertz CT molecular complexity index is 283. The molecule has 6 nitrogen and oxygen atoms in total. The normalized spacial score (nSPS) is 14.3. The third kappa shape index (κ3) is 8.42. The van der Waals surface area contributed by atoms with Crippen LogP contribution >= 0.6 is 0 Å². The van der Waals surface area contributed by atoms with Gasteiger partial charge in [-0.3, -0.25) is 0 Å². The van der Waals surface area contributed by atoms with Crippen molar-refractivity contribution in [2.24, 2.45) is 5.92 Å². The van der Waals surface area contributed by atoms with Gasteiger partial charge in [0.05, 0.1) is 0 Å². The Morgan fingerprint density at radius 1 is 1.21 bits per heavy atom. The fraction of sp³-hybridized carbons (Fsp3) is 0.846. The van der Waals surface area contributed by atoms with Crippen LogP contribution in [0.1, 0.15) is 33.6 Å². The molecule has 0 aromatic rings. The van der Waals surface area contributed by atoms with Crippen LogP contribution < -0.4 is 10.6 Å². The van der Waals surface area contributed by atoms with E-state index in [2.05, 4.69) is 24.5 Å². The number of carboxylic acids is 1. The highest BCUT2D eigenvalue weighted by Gasteiger charge is 2.20. The summed E-state index contributed by atoms with van der Waals surface area (Å²) in [6.45, 7) is 6.64. The predicted octanol–water partition coefficient (Wildman–Crippen LogP) is 1.13. The van der Waals surface area contributed by atoms with E-state index in [1.807, 2.05) is 19.0 Å². The molecule has 0 fully saturated rings. The van der Waals surface area contributed by atoms with Crippen LogP contribution in [0.4, 0.5) is 4.79 Å². The second-order valence-corrected chi connectivity index (χ2v) is 5.51. The van der Waals surface area contributed by atoms with E-state index >= 15 is 0 Å². The second kappa shape index (κ2) is 8.74. The van der Waals surface area contributed by atoms with Gasteiger partial charge >= 0.3 is 12.0 Å². The van der Waals surface area contributed by atoms with Crippen LogP contribution in [0.3, 0.4) is 0 Å². The zero-order valence-corrected chi connectivity index (χ0v) is 12.6. The molecule has 0 radical (unpaired) electrons. The Hall–Kier alpha value is -1.30. The molecule has 0 rings (SSSR count). The van der Waals surface area contributed by atoms with Crippen molar-refractivity contribution < 1.29 is 14.7 Å². The molecule has 0 spiro atoms. The standard InChI is InChI=1S/C13H27N3O3/c1-6-11(12(17)18)15-13(19)14-10(7-9(2)3)8-16(4)5/h9-11H,6-8H2,1-5H3,(H,17,18)(H2,14,15,19). The summed E-state index contributed by atoms with van der Waals surface area (Å²) in [6.07, 6.45) is 1.22. The number of carbonyl (C=O) groups excluding carboxylic acids is 1. The summed E-state index contributed by atoms with van der Waals surface area (Å²) in [5.41, 5.74) is 0. The maximum atomic E-state index is 11.8. The molecule has 0 aromatic heterocycles. The number of rotatable bonds is 8. The van der Waals surface area contributed by atoms with Gasteiger partial charge in [-0.1, -0.05) is 20.8 Å². The highest BCUT2D eigenvalue weighted by Crippen LogP contribution is 2.05. The smallest absolute Gasteiger partial charge is 0.326 e. The highest BCUT2D eigenvalue weighted by molar-refractivity contribution is 5.82. The maximum absolute atomic E-state index is 11.8. The molecule has 0 aliphatic rings. The summed E-state index contributed by atoms with van der Waals surface area (Å²) < 4.78 is 0. The van der Waals surface area contributed by atoms with E-state index in [0.29, 0.717) is 12.3 Å². The number of nitrogens with zero attached hydrogens (tertiary/aromatic N) is 1. The number of likely N-dealkylation sites (N-methyl/N-ethyl adjacent to an activating group) is 1. The summed E-state index contributed by atoms with van der Waals surface area (Å²) in [4.78, 5) is 24.6. The van der Waals surface area contributed by atoms with Crippen LogP contribution in [0.15, 0.2) is 0 Å². The zero-order valence-electron chi connectivity index (χ0n) is 12.6. The summed E-state index contributed by atoms with van der Waals surface area (Å²) in [5, 5.41) is 14.2. The van der Waals surface area contributed by atoms with Crippen LogP contribution in [0.5, 0.6) is 0 Å². The summed E-state index contributed by atoms with van der Waals surface area (Å²) >= 11 is 0. The first kappa shape index (κ1) is 17.7. The van der Waals surface area contributed by atoms with Gasteiger partial charge in [-0.15, -0.1) is 0 Å². The topological polar surface area (TPSA) is 81.7 Å². The van der Waals surface area contributed by atoms with Crippen molar-refractivity contribution in [1.29, 1.82) is 0 Å². The van der Waals surface area contributed by atoms with Crippen molar-refractivity contribution in [3.8, 4) is 0 Å². The van der Waals surface area contributed by atoms with Crippen LogP contribution in [0, 0.1) is 5.92 Å². The molecule has 0 bridgehead atoms. The van der Waals surface area contributed by atoms with E-state index in [1.165, 1.54) is 0 Å². The minimum Gasteiger partial charge on any atom is -0.480 e. The first-order valence-corrected chi connectivity index (χ1v) is 6.70. The Balaban J connectivity index is 4.40. The van der Waals surface area contributed by atoms with Gasteiger partial charge in [-0.25, -0.2) is 9.59 Å². The van der Waals surface area contributed by atoms with Gasteiger partial charge in [0.15, 0.2) is 0 Å².